The van der Waals surface area contributed by atoms with E-state index in [1.807, 2.05) is 6.92 Å². The molecule has 0 amide bonds. The van der Waals surface area contributed by atoms with Gasteiger partial charge >= 0.3 is 12.0 Å². The molecule has 2 fully saturated rings. The van der Waals surface area contributed by atoms with Gasteiger partial charge in [-0.3, -0.25) is 0 Å². The van der Waals surface area contributed by atoms with Crippen molar-refractivity contribution in [1.29, 1.82) is 0 Å². The molecule has 2 aliphatic rings. The van der Waals surface area contributed by atoms with Gasteiger partial charge in [0.15, 0.2) is 0 Å². The number of esters is 1. The molecule has 1 heterocycles. The standard InChI is InChI=1S/C21H27FNO3/c1-14-18(12-15-8-10-17(22)11-9-15)20(25-13-16-6-7-16)5-3-4-19(23-2)21(24)26-14/h2,8-11,14,16,18-20H,3-7,12-13H2,1H3/q+1/t14-,18-,19-,20-/m0/s1. The number of hydrogen-bond acceptors (Lipinski definition) is 3. The lowest BCUT2D eigenvalue weighted by Gasteiger charge is -2.31. The first-order valence-electron chi connectivity index (χ1n) is 9.53. The van der Waals surface area contributed by atoms with E-state index in [1.165, 1.54) is 25.0 Å². The van der Waals surface area contributed by atoms with Gasteiger partial charge in [-0.25, -0.2) is 9.18 Å². The molecule has 1 aromatic carbocycles. The van der Waals surface area contributed by atoms with Crippen molar-refractivity contribution in [2.45, 2.75) is 63.7 Å². The van der Waals surface area contributed by atoms with Crippen LogP contribution in [-0.4, -0.2) is 30.8 Å². The molecule has 4 nitrogen and oxygen atoms in total. The summed E-state index contributed by atoms with van der Waals surface area (Å²) < 4.78 is 25.1. The van der Waals surface area contributed by atoms with E-state index >= 15 is 0 Å². The lowest BCUT2D eigenvalue weighted by atomic mass is 9.87. The van der Waals surface area contributed by atoms with Crippen LogP contribution in [-0.2, 0) is 20.7 Å². The normalized spacial score (nSPS) is 29.8. The first-order chi connectivity index (χ1) is 12.6. The average Bonchev–Trinajstić information content (AvgIpc) is 3.44. The Labute approximate surface area is 154 Å². The molecule has 26 heavy (non-hydrogen) atoms. The minimum atomic E-state index is -0.605. The molecule has 1 aliphatic heterocycles. The molecule has 0 aromatic heterocycles. The fourth-order valence-electron chi connectivity index (χ4n) is 3.57. The summed E-state index contributed by atoms with van der Waals surface area (Å²) in [5.41, 5.74) is 1.01. The van der Waals surface area contributed by atoms with E-state index in [2.05, 4.69) is 4.85 Å². The fraction of sp³-hybridized carbons (Fsp3) is 0.619. The van der Waals surface area contributed by atoms with E-state index in [-0.39, 0.29) is 29.9 Å². The smallest absolute Gasteiger partial charge is 0.395 e. The maximum absolute atomic E-state index is 13.2. The minimum Gasteiger partial charge on any atom is -0.456 e. The second-order valence-corrected chi connectivity index (χ2v) is 7.55. The van der Waals surface area contributed by atoms with Crippen LogP contribution in [0.5, 0.6) is 0 Å². The molecule has 1 aliphatic carbocycles. The number of rotatable bonds is 5. The second-order valence-electron chi connectivity index (χ2n) is 7.55. The maximum atomic E-state index is 13.2. The molecule has 3 rings (SSSR count). The molecule has 0 N–H and O–H groups in total. The van der Waals surface area contributed by atoms with Crippen LogP contribution >= 0.6 is 0 Å². The Bertz CT molecular complexity index is 650. The van der Waals surface area contributed by atoms with Crippen LogP contribution in [0.3, 0.4) is 0 Å². The van der Waals surface area contributed by atoms with Crippen LogP contribution in [0.1, 0.15) is 44.6 Å². The zero-order valence-corrected chi connectivity index (χ0v) is 15.3. The van der Waals surface area contributed by atoms with Crippen LogP contribution < -0.4 is 0 Å². The largest absolute Gasteiger partial charge is 0.456 e. The van der Waals surface area contributed by atoms with Crippen molar-refractivity contribution in [3.05, 3.63) is 40.5 Å². The number of nitrogens with zero attached hydrogens (tertiary/aromatic N) is 1. The molecule has 1 saturated carbocycles. The topological polar surface area (TPSA) is 39.9 Å². The summed E-state index contributed by atoms with van der Waals surface area (Å²) in [6.45, 7) is 8.04. The molecule has 140 valence electrons. The van der Waals surface area contributed by atoms with E-state index in [1.54, 1.807) is 12.1 Å². The van der Waals surface area contributed by atoms with Gasteiger partial charge in [0.1, 0.15) is 11.9 Å². The number of carbonyl (C=O) groups is 1. The molecule has 1 saturated heterocycles. The Hall–Kier alpha value is -1.93. The van der Waals surface area contributed by atoms with Gasteiger partial charge in [0.2, 0.25) is 0 Å². The van der Waals surface area contributed by atoms with Gasteiger partial charge in [-0.15, -0.1) is 0 Å². The Kier molecular flexibility index (Phi) is 6.26. The Balaban J connectivity index is 1.77. The number of halogens is 1. The third-order valence-electron chi connectivity index (χ3n) is 5.43. The molecule has 1 aromatic rings. The van der Waals surface area contributed by atoms with Crippen LogP contribution in [0.15, 0.2) is 24.3 Å². The molecule has 0 unspecified atom stereocenters. The van der Waals surface area contributed by atoms with E-state index in [0.717, 1.165) is 25.0 Å². The van der Waals surface area contributed by atoms with Crippen molar-refractivity contribution in [2.24, 2.45) is 11.8 Å². The predicted octanol–water partition coefficient (Wildman–Crippen LogP) is 4.23. The number of ether oxygens (including phenoxy) is 2. The zero-order valence-electron chi connectivity index (χ0n) is 15.3. The highest BCUT2D eigenvalue weighted by Gasteiger charge is 2.38. The van der Waals surface area contributed by atoms with E-state index < -0.39 is 6.04 Å². The summed E-state index contributed by atoms with van der Waals surface area (Å²) in [5, 5.41) is 0. The third kappa shape index (κ3) is 5.04. The van der Waals surface area contributed by atoms with Gasteiger partial charge in [0.05, 0.1) is 6.10 Å². The molecule has 0 spiro atoms. The van der Waals surface area contributed by atoms with Crippen molar-refractivity contribution in [2.75, 3.05) is 6.61 Å². The van der Waals surface area contributed by atoms with Gasteiger partial charge in [-0.2, -0.15) is 0 Å². The van der Waals surface area contributed by atoms with Crippen LogP contribution in [0.2, 0.25) is 0 Å². The van der Waals surface area contributed by atoms with E-state index in [4.69, 9.17) is 16.0 Å². The van der Waals surface area contributed by atoms with Gasteiger partial charge in [-0.1, -0.05) is 17.0 Å². The second kappa shape index (κ2) is 8.64. The van der Waals surface area contributed by atoms with E-state index in [9.17, 15) is 9.18 Å². The number of carbonyl (C=O) groups excluding carboxylic acids is 1. The van der Waals surface area contributed by atoms with Crippen molar-refractivity contribution in [3.63, 3.8) is 0 Å². The minimum absolute atomic E-state index is 0.0000208. The van der Waals surface area contributed by atoms with Crippen LogP contribution in [0, 0.1) is 24.2 Å². The lowest BCUT2D eigenvalue weighted by molar-refractivity contribution is -0.154. The molecular weight excluding hydrogens is 333 g/mol. The molecule has 0 bridgehead atoms. The highest BCUT2D eigenvalue weighted by atomic mass is 19.1. The van der Waals surface area contributed by atoms with Gasteiger partial charge in [0, 0.05) is 18.9 Å². The Morgan fingerprint density at radius 3 is 2.62 bits per heavy atom. The molecule has 5 heteroatoms. The summed E-state index contributed by atoms with van der Waals surface area (Å²) in [4.78, 5) is 16.0. The maximum Gasteiger partial charge on any atom is 0.395 e. The fourth-order valence-corrected chi connectivity index (χ4v) is 3.57. The predicted molar refractivity (Wildman–Crippen MR) is 97.6 cm³/mol. The van der Waals surface area contributed by atoms with Crippen molar-refractivity contribution in [1.82, 2.24) is 0 Å². The zero-order chi connectivity index (χ0) is 18.5. The SMILES string of the molecule is C#[N+][C@H]1CCC[C@H](OCC2CC2)[C@@H](Cc2ccc(F)cc2)[C@H](C)OC1=O. The average molecular weight is 360 g/mol. The number of hydrogen-bond donors (Lipinski definition) is 0. The van der Waals surface area contributed by atoms with Gasteiger partial charge < -0.3 is 9.47 Å². The summed E-state index contributed by atoms with van der Waals surface area (Å²) in [6, 6.07) is 5.89. The summed E-state index contributed by atoms with van der Waals surface area (Å²) >= 11 is 0. The Morgan fingerprint density at radius 1 is 1.23 bits per heavy atom. The van der Waals surface area contributed by atoms with Crippen LogP contribution in [0.25, 0.3) is 4.85 Å². The van der Waals surface area contributed by atoms with Gasteiger partial charge in [-0.05, 0) is 62.6 Å². The summed E-state index contributed by atoms with van der Waals surface area (Å²) in [5.74, 6) is 0.0574. The first-order valence-corrected chi connectivity index (χ1v) is 9.53. The molecule has 0 radical (unpaired) electrons. The van der Waals surface area contributed by atoms with Crippen molar-refractivity contribution >= 4 is 5.97 Å². The summed E-state index contributed by atoms with van der Waals surface area (Å²) in [7, 11) is 0. The van der Waals surface area contributed by atoms with Crippen molar-refractivity contribution < 1.29 is 18.7 Å². The lowest BCUT2D eigenvalue weighted by Crippen LogP contribution is -2.37. The first kappa shape index (κ1) is 18.8. The van der Waals surface area contributed by atoms with Crippen LogP contribution in [0.4, 0.5) is 4.39 Å². The molecular formula is C21H27FNO3+. The third-order valence-corrected chi connectivity index (χ3v) is 5.43. The number of cyclic esters (lactones) is 1. The Morgan fingerprint density at radius 2 is 1.96 bits per heavy atom. The monoisotopic (exact) mass is 360 g/mol. The van der Waals surface area contributed by atoms with E-state index in [0.29, 0.717) is 18.8 Å². The highest BCUT2D eigenvalue weighted by molar-refractivity contribution is 5.78. The molecule has 4 atom stereocenters. The van der Waals surface area contributed by atoms with Gasteiger partial charge in [0.25, 0.3) is 6.57 Å². The highest BCUT2D eigenvalue weighted by Crippen LogP contribution is 2.33. The summed E-state index contributed by atoms with van der Waals surface area (Å²) in [6.07, 6.45) is 5.04. The number of benzene rings is 1. The van der Waals surface area contributed by atoms with Crippen molar-refractivity contribution in [3.8, 4) is 6.57 Å². The quantitative estimate of drug-likeness (QED) is 0.738.